The SMILES string of the molecule is Fc1ccc(Oc2ccnc3cc(Br)ccc23)cc1. The van der Waals surface area contributed by atoms with Crippen LogP contribution in [0.5, 0.6) is 11.5 Å². The van der Waals surface area contributed by atoms with Crippen molar-refractivity contribution in [2.24, 2.45) is 0 Å². The molecule has 0 atom stereocenters. The lowest BCUT2D eigenvalue weighted by atomic mass is 10.2. The number of fused-ring (bicyclic) bond motifs is 1. The Balaban J connectivity index is 2.03. The van der Waals surface area contributed by atoms with Gasteiger partial charge >= 0.3 is 0 Å². The van der Waals surface area contributed by atoms with Gasteiger partial charge in [-0.3, -0.25) is 4.98 Å². The predicted molar refractivity (Wildman–Crippen MR) is 75.9 cm³/mol. The molecule has 94 valence electrons. The summed E-state index contributed by atoms with van der Waals surface area (Å²) in [6.45, 7) is 0. The number of rotatable bonds is 2. The summed E-state index contributed by atoms with van der Waals surface area (Å²) in [6, 6.07) is 13.5. The molecule has 0 fully saturated rings. The van der Waals surface area contributed by atoms with E-state index in [0.717, 1.165) is 15.4 Å². The summed E-state index contributed by atoms with van der Waals surface area (Å²) in [5.74, 6) is 1.01. The Kier molecular flexibility index (Phi) is 3.17. The summed E-state index contributed by atoms with van der Waals surface area (Å²) in [7, 11) is 0. The molecule has 0 aliphatic carbocycles. The van der Waals surface area contributed by atoms with Gasteiger partial charge in [-0.15, -0.1) is 0 Å². The Morgan fingerprint density at radius 2 is 1.79 bits per heavy atom. The minimum atomic E-state index is -0.282. The maximum Gasteiger partial charge on any atom is 0.138 e. The normalized spacial score (nSPS) is 10.6. The van der Waals surface area contributed by atoms with Gasteiger partial charge in [0.25, 0.3) is 0 Å². The van der Waals surface area contributed by atoms with Gasteiger partial charge in [-0.2, -0.15) is 0 Å². The molecule has 0 saturated carbocycles. The Hall–Kier alpha value is -1.94. The quantitative estimate of drug-likeness (QED) is 0.668. The highest BCUT2D eigenvalue weighted by Crippen LogP contribution is 2.30. The molecule has 3 aromatic rings. The van der Waals surface area contributed by atoms with E-state index >= 15 is 0 Å². The smallest absolute Gasteiger partial charge is 0.138 e. The third-order valence-corrected chi connectivity index (χ3v) is 3.20. The van der Waals surface area contributed by atoms with Crippen LogP contribution in [0.3, 0.4) is 0 Å². The van der Waals surface area contributed by atoms with Gasteiger partial charge in [-0.25, -0.2) is 4.39 Å². The molecule has 0 saturated heterocycles. The zero-order valence-electron chi connectivity index (χ0n) is 9.81. The number of aromatic nitrogens is 1. The van der Waals surface area contributed by atoms with Crippen LogP contribution in [-0.2, 0) is 0 Å². The number of hydrogen-bond donors (Lipinski definition) is 0. The lowest BCUT2D eigenvalue weighted by molar-refractivity contribution is 0.485. The van der Waals surface area contributed by atoms with Gasteiger partial charge in [0.2, 0.25) is 0 Å². The molecule has 3 rings (SSSR count). The third-order valence-electron chi connectivity index (χ3n) is 2.71. The Bertz CT molecular complexity index is 728. The summed E-state index contributed by atoms with van der Waals surface area (Å²) < 4.78 is 19.6. The molecule has 0 unspecified atom stereocenters. The summed E-state index contributed by atoms with van der Waals surface area (Å²) >= 11 is 3.41. The molecule has 19 heavy (non-hydrogen) atoms. The molecule has 0 N–H and O–H groups in total. The van der Waals surface area contributed by atoms with E-state index in [1.165, 1.54) is 12.1 Å². The molecule has 2 nitrogen and oxygen atoms in total. The number of benzene rings is 2. The molecule has 4 heteroatoms. The predicted octanol–water partition coefficient (Wildman–Crippen LogP) is 4.93. The van der Waals surface area contributed by atoms with Gasteiger partial charge < -0.3 is 4.74 Å². The van der Waals surface area contributed by atoms with Crippen molar-refractivity contribution in [1.82, 2.24) is 4.98 Å². The summed E-state index contributed by atoms with van der Waals surface area (Å²) in [4.78, 5) is 4.29. The number of nitrogens with zero attached hydrogens (tertiary/aromatic N) is 1. The number of ether oxygens (including phenoxy) is 1. The molecule has 0 spiro atoms. The zero-order valence-corrected chi connectivity index (χ0v) is 11.4. The molecule has 0 bridgehead atoms. The highest BCUT2D eigenvalue weighted by Gasteiger charge is 2.05. The van der Waals surface area contributed by atoms with Crippen LogP contribution < -0.4 is 4.74 Å². The fourth-order valence-electron chi connectivity index (χ4n) is 1.81. The van der Waals surface area contributed by atoms with Crippen LogP contribution in [-0.4, -0.2) is 4.98 Å². The molecular weight excluding hydrogens is 309 g/mol. The van der Waals surface area contributed by atoms with Crippen molar-refractivity contribution in [2.45, 2.75) is 0 Å². The van der Waals surface area contributed by atoms with Crippen LogP contribution in [0.15, 0.2) is 59.2 Å². The molecule has 1 heterocycles. The van der Waals surface area contributed by atoms with Crippen LogP contribution in [0.4, 0.5) is 4.39 Å². The second-order valence-electron chi connectivity index (χ2n) is 4.03. The lowest BCUT2D eigenvalue weighted by Gasteiger charge is -2.08. The summed E-state index contributed by atoms with van der Waals surface area (Å²) in [5, 5.41) is 0.912. The zero-order chi connectivity index (χ0) is 13.2. The Morgan fingerprint density at radius 1 is 1.00 bits per heavy atom. The van der Waals surface area contributed by atoms with E-state index in [-0.39, 0.29) is 5.82 Å². The average molecular weight is 318 g/mol. The van der Waals surface area contributed by atoms with Crippen molar-refractivity contribution in [3.8, 4) is 11.5 Å². The molecule has 0 aliphatic rings. The van der Waals surface area contributed by atoms with Crippen molar-refractivity contribution in [1.29, 1.82) is 0 Å². The number of pyridine rings is 1. The largest absolute Gasteiger partial charge is 0.457 e. The third kappa shape index (κ3) is 2.58. The molecule has 2 aromatic carbocycles. The van der Waals surface area contributed by atoms with Crippen molar-refractivity contribution in [3.05, 3.63) is 65.0 Å². The summed E-state index contributed by atoms with van der Waals surface area (Å²) in [6.07, 6.45) is 1.69. The van der Waals surface area contributed by atoms with Crippen LogP contribution in [0, 0.1) is 5.82 Å². The first kappa shape index (κ1) is 12.1. The number of hydrogen-bond acceptors (Lipinski definition) is 2. The summed E-state index contributed by atoms with van der Waals surface area (Å²) in [5.41, 5.74) is 0.842. The van der Waals surface area contributed by atoms with E-state index in [1.807, 2.05) is 18.2 Å². The average Bonchev–Trinajstić information content (AvgIpc) is 2.41. The van der Waals surface area contributed by atoms with Gasteiger partial charge in [0.15, 0.2) is 0 Å². The van der Waals surface area contributed by atoms with Crippen molar-refractivity contribution in [2.75, 3.05) is 0 Å². The number of halogens is 2. The maximum absolute atomic E-state index is 12.9. The first-order valence-electron chi connectivity index (χ1n) is 5.70. The van der Waals surface area contributed by atoms with Gasteiger partial charge in [0, 0.05) is 16.1 Å². The van der Waals surface area contributed by atoms with E-state index in [4.69, 9.17) is 4.74 Å². The van der Waals surface area contributed by atoms with Gasteiger partial charge in [0.1, 0.15) is 17.3 Å². The van der Waals surface area contributed by atoms with Crippen LogP contribution in [0.1, 0.15) is 0 Å². The van der Waals surface area contributed by atoms with Crippen LogP contribution >= 0.6 is 15.9 Å². The van der Waals surface area contributed by atoms with Crippen LogP contribution in [0.2, 0.25) is 0 Å². The minimum Gasteiger partial charge on any atom is -0.457 e. The molecule has 0 radical (unpaired) electrons. The second kappa shape index (κ2) is 4.97. The second-order valence-corrected chi connectivity index (χ2v) is 4.94. The lowest BCUT2D eigenvalue weighted by Crippen LogP contribution is -1.88. The Morgan fingerprint density at radius 3 is 2.58 bits per heavy atom. The van der Waals surface area contributed by atoms with E-state index in [1.54, 1.807) is 24.4 Å². The van der Waals surface area contributed by atoms with Gasteiger partial charge in [-0.1, -0.05) is 15.9 Å². The van der Waals surface area contributed by atoms with Crippen molar-refractivity contribution < 1.29 is 9.13 Å². The fourth-order valence-corrected chi connectivity index (χ4v) is 2.16. The van der Waals surface area contributed by atoms with E-state index in [0.29, 0.717) is 11.5 Å². The monoisotopic (exact) mass is 317 g/mol. The van der Waals surface area contributed by atoms with Gasteiger partial charge in [0.05, 0.1) is 5.52 Å². The standard InChI is InChI=1S/C15H9BrFNO/c16-10-1-6-13-14(9-10)18-8-7-15(13)19-12-4-2-11(17)3-5-12/h1-9H. The minimum absolute atomic E-state index is 0.282. The molecular formula is C15H9BrFNO. The van der Waals surface area contributed by atoms with Crippen LogP contribution in [0.25, 0.3) is 10.9 Å². The topological polar surface area (TPSA) is 22.1 Å². The fraction of sp³-hybridized carbons (Fsp3) is 0. The molecule has 1 aromatic heterocycles. The van der Waals surface area contributed by atoms with Crippen molar-refractivity contribution in [3.63, 3.8) is 0 Å². The maximum atomic E-state index is 12.9. The van der Waals surface area contributed by atoms with E-state index in [9.17, 15) is 4.39 Å². The highest BCUT2D eigenvalue weighted by molar-refractivity contribution is 9.10. The van der Waals surface area contributed by atoms with E-state index < -0.39 is 0 Å². The highest BCUT2D eigenvalue weighted by atomic mass is 79.9. The van der Waals surface area contributed by atoms with Crippen molar-refractivity contribution >= 4 is 26.8 Å². The first-order valence-corrected chi connectivity index (χ1v) is 6.49. The first-order chi connectivity index (χ1) is 9.22. The van der Waals surface area contributed by atoms with Gasteiger partial charge in [-0.05, 0) is 48.5 Å². The van der Waals surface area contributed by atoms with E-state index in [2.05, 4.69) is 20.9 Å². The molecule has 0 aliphatic heterocycles. The molecule has 0 amide bonds. The Labute approximate surface area is 118 Å².